The summed E-state index contributed by atoms with van der Waals surface area (Å²) in [4.78, 5) is 0. The van der Waals surface area contributed by atoms with Gasteiger partial charge in [0.25, 0.3) is 0 Å². The van der Waals surface area contributed by atoms with Crippen LogP contribution in [0.15, 0.2) is 194 Å². The van der Waals surface area contributed by atoms with Gasteiger partial charge < -0.3 is 9.13 Å². The van der Waals surface area contributed by atoms with Crippen molar-refractivity contribution in [1.82, 2.24) is 9.13 Å². The van der Waals surface area contributed by atoms with Crippen LogP contribution in [0, 0.1) is 0 Å². The molecule has 0 bridgehead atoms. The van der Waals surface area contributed by atoms with E-state index in [2.05, 4.69) is 203 Å². The summed E-state index contributed by atoms with van der Waals surface area (Å²) in [5, 5.41) is 7.54. The van der Waals surface area contributed by atoms with E-state index in [-0.39, 0.29) is 0 Å². The van der Waals surface area contributed by atoms with E-state index in [1.165, 1.54) is 110 Å². The van der Waals surface area contributed by atoms with Crippen LogP contribution in [0.1, 0.15) is 11.1 Å². The van der Waals surface area contributed by atoms with Crippen molar-refractivity contribution in [2.24, 2.45) is 0 Å². The number of hydrogen-bond donors (Lipinski definition) is 0. The molecule has 2 heterocycles. The molecule has 1 aliphatic carbocycles. The summed E-state index contributed by atoms with van der Waals surface area (Å²) in [6, 6.07) is 71.7. The molecule has 0 saturated heterocycles. The molecule has 2 nitrogen and oxygen atoms in total. The average Bonchev–Trinajstić information content (AvgIpc) is 3.91. The molecule has 9 aromatic carbocycles. The van der Waals surface area contributed by atoms with Crippen LogP contribution in [0.25, 0.3) is 99.1 Å². The van der Waals surface area contributed by atoms with E-state index >= 15 is 0 Å². The third-order valence-electron chi connectivity index (χ3n) is 11.9. The third kappa shape index (κ3) is 4.43. The Morgan fingerprint density at radius 1 is 0.309 bits per heavy atom. The highest BCUT2D eigenvalue weighted by Crippen LogP contribution is 2.46. The van der Waals surface area contributed by atoms with Crippen LogP contribution in [0.3, 0.4) is 0 Å². The molecule has 2 aromatic heterocycles. The lowest BCUT2D eigenvalue weighted by atomic mass is 9.91. The second-order valence-corrected chi connectivity index (χ2v) is 14.9. The summed E-state index contributed by atoms with van der Waals surface area (Å²) in [5.41, 5.74) is 17.8. The van der Waals surface area contributed by atoms with E-state index in [1.807, 2.05) is 0 Å². The smallest absolute Gasteiger partial charge is 0.0547 e. The Balaban J connectivity index is 1.07. The van der Waals surface area contributed by atoms with Crippen molar-refractivity contribution in [2.75, 3.05) is 0 Å². The van der Waals surface area contributed by atoms with Gasteiger partial charge in [-0.25, -0.2) is 0 Å². The number of fused-ring (bicyclic) bond motifs is 10. The molecule has 0 saturated carbocycles. The van der Waals surface area contributed by atoms with Gasteiger partial charge in [-0.1, -0.05) is 146 Å². The van der Waals surface area contributed by atoms with Gasteiger partial charge in [0.05, 0.1) is 27.8 Å². The quantitative estimate of drug-likeness (QED) is 0.173. The van der Waals surface area contributed by atoms with Crippen molar-refractivity contribution in [2.45, 2.75) is 6.42 Å². The maximum Gasteiger partial charge on any atom is 0.0547 e. The normalized spacial score (nSPS) is 12.3. The van der Waals surface area contributed by atoms with Gasteiger partial charge in [-0.2, -0.15) is 0 Å². The maximum absolute atomic E-state index is 2.49. The lowest BCUT2D eigenvalue weighted by Crippen LogP contribution is -1.96. The molecule has 0 fully saturated rings. The molecule has 0 atom stereocenters. The van der Waals surface area contributed by atoms with Gasteiger partial charge >= 0.3 is 0 Å². The van der Waals surface area contributed by atoms with Gasteiger partial charge in [-0.15, -0.1) is 0 Å². The van der Waals surface area contributed by atoms with Gasteiger partial charge in [0.2, 0.25) is 0 Å². The molecule has 0 spiro atoms. The number of aromatic nitrogens is 2. The average molecular weight is 699 g/mol. The van der Waals surface area contributed by atoms with E-state index in [4.69, 9.17) is 0 Å². The molecule has 0 aliphatic heterocycles. The summed E-state index contributed by atoms with van der Waals surface area (Å²) in [6.45, 7) is 0. The zero-order chi connectivity index (χ0) is 36.0. The zero-order valence-corrected chi connectivity index (χ0v) is 30.1. The van der Waals surface area contributed by atoms with Gasteiger partial charge in [-0.05, 0) is 105 Å². The molecule has 0 radical (unpaired) electrons. The number of para-hydroxylation sites is 3. The molecule has 256 valence electrons. The Hall–Kier alpha value is -7.16. The molecule has 0 N–H and O–H groups in total. The van der Waals surface area contributed by atoms with Crippen molar-refractivity contribution in [3.8, 4) is 44.8 Å². The summed E-state index contributed by atoms with van der Waals surface area (Å²) in [5.74, 6) is 0. The predicted molar refractivity (Wildman–Crippen MR) is 232 cm³/mol. The van der Waals surface area contributed by atoms with Crippen molar-refractivity contribution in [1.29, 1.82) is 0 Å². The summed E-state index contributed by atoms with van der Waals surface area (Å²) < 4.78 is 4.87. The Kier molecular flexibility index (Phi) is 6.43. The van der Waals surface area contributed by atoms with Gasteiger partial charge in [0.15, 0.2) is 0 Å². The van der Waals surface area contributed by atoms with Crippen LogP contribution in [-0.2, 0) is 6.42 Å². The number of nitrogens with zero attached hydrogens (tertiary/aromatic N) is 2. The first-order chi connectivity index (χ1) is 27.3. The van der Waals surface area contributed by atoms with Gasteiger partial charge in [0, 0.05) is 32.6 Å². The summed E-state index contributed by atoms with van der Waals surface area (Å²) in [7, 11) is 0. The fourth-order valence-corrected chi connectivity index (χ4v) is 9.55. The van der Waals surface area contributed by atoms with Crippen LogP contribution in [-0.4, -0.2) is 9.13 Å². The highest BCUT2D eigenvalue weighted by Gasteiger charge is 2.23. The molecule has 11 aromatic rings. The fraction of sp³-hybridized carbons (Fsp3) is 0.0189. The molecule has 55 heavy (non-hydrogen) atoms. The number of benzene rings is 9. The Bertz CT molecular complexity index is 3340. The first-order valence-corrected chi connectivity index (χ1v) is 19.1. The molecule has 0 amide bonds. The van der Waals surface area contributed by atoms with Gasteiger partial charge in [0.1, 0.15) is 0 Å². The van der Waals surface area contributed by atoms with Crippen molar-refractivity contribution >= 4 is 54.4 Å². The molecule has 1 aliphatic rings. The Morgan fingerprint density at radius 3 is 1.78 bits per heavy atom. The van der Waals surface area contributed by atoms with E-state index in [1.54, 1.807) is 0 Å². The minimum Gasteiger partial charge on any atom is -0.309 e. The van der Waals surface area contributed by atoms with E-state index < -0.39 is 0 Å². The maximum atomic E-state index is 2.49. The standard InChI is InChI=1S/C53H34N2/c1-2-15-38(16-3-1)54-48-24-8-7-19-44(48)47-32-34(28-30-51(47)54)35-27-29-45-43-18-6-9-25-49(43)55(52(45)33-35)50-26-12-21-40-41(20-11-22-42(40)50)46-23-10-14-37-31-36-13-4-5-17-39(36)53(37)46/h1-30,32-33H,31H2. The minimum atomic E-state index is 0.987. The monoisotopic (exact) mass is 698 g/mol. The molecular formula is C53H34N2. The van der Waals surface area contributed by atoms with Crippen molar-refractivity contribution in [3.63, 3.8) is 0 Å². The Labute approximate surface area is 318 Å². The highest BCUT2D eigenvalue weighted by molar-refractivity contribution is 6.14. The third-order valence-corrected chi connectivity index (χ3v) is 11.9. The van der Waals surface area contributed by atoms with Crippen LogP contribution in [0.4, 0.5) is 0 Å². The Morgan fingerprint density at radius 2 is 0.891 bits per heavy atom. The van der Waals surface area contributed by atoms with Crippen molar-refractivity contribution in [3.05, 3.63) is 205 Å². The van der Waals surface area contributed by atoms with Gasteiger partial charge in [-0.3, -0.25) is 0 Å². The van der Waals surface area contributed by atoms with E-state index in [9.17, 15) is 0 Å². The first kappa shape index (κ1) is 30.3. The van der Waals surface area contributed by atoms with Crippen molar-refractivity contribution < 1.29 is 0 Å². The second kappa shape index (κ2) is 11.7. The molecule has 2 heteroatoms. The number of hydrogen-bond acceptors (Lipinski definition) is 0. The lowest BCUT2D eigenvalue weighted by molar-refractivity contribution is 1.18. The van der Waals surface area contributed by atoms with Crippen LogP contribution in [0.2, 0.25) is 0 Å². The summed E-state index contributed by atoms with van der Waals surface area (Å²) in [6.07, 6.45) is 0.987. The summed E-state index contributed by atoms with van der Waals surface area (Å²) >= 11 is 0. The largest absolute Gasteiger partial charge is 0.309 e. The SMILES string of the molecule is c1ccc(-n2c3ccccc3c3cc(-c4ccc5c6ccccc6n(-c6cccc7c(-c8cccc9c8-c8ccccc8C9)cccc67)c5c4)ccc32)cc1. The highest BCUT2D eigenvalue weighted by atomic mass is 15.0. The first-order valence-electron chi connectivity index (χ1n) is 19.1. The molecule has 12 rings (SSSR count). The van der Waals surface area contributed by atoms with Crippen LogP contribution < -0.4 is 0 Å². The minimum absolute atomic E-state index is 0.987. The molecular weight excluding hydrogens is 665 g/mol. The lowest BCUT2D eigenvalue weighted by Gasteiger charge is -2.16. The second-order valence-electron chi connectivity index (χ2n) is 14.9. The molecule has 0 unspecified atom stereocenters. The van der Waals surface area contributed by atoms with Crippen LogP contribution >= 0.6 is 0 Å². The fourth-order valence-electron chi connectivity index (χ4n) is 9.55. The van der Waals surface area contributed by atoms with E-state index in [0.29, 0.717) is 0 Å². The zero-order valence-electron chi connectivity index (χ0n) is 30.1. The van der Waals surface area contributed by atoms with E-state index in [0.717, 1.165) is 6.42 Å². The predicted octanol–water partition coefficient (Wildman–Crippen LogP) is 13.9. The topological polar surface area (TPSA) is 9.86 Å². The van der Waals surface area contributed by atoms with Crippen LogP contribution in [0.5, 0.6) is 0 Å². The number of rotatable bonds is 4.